The van der Waals surface area contributed by atoms with E-state index >= 15 is 0 Å². The molecule has 0 aliphatic carbocycles. The van der Waals surface area contributed by atoms with E-state index in [2.05, 4.69) is 35.2 Å². The molecule has 0 amide bonds. The zero-order chi connectivity index (χ0) is 12.8. The monoisotopic (exact) mass is 244 g/mol. The fraction of sp³-hybridized carbons (Fsp3) is 0.429. The van der Waals surface area contributed by atoms with Crippen molar-refractivity contribution in [3.8, 4) is 5.82 Å². The van der Waals surface area contributed by atoms with Crippen LogP contribution < -0.4 is 5.32 Å². The van der Waals surface area contributed by atoms with Crippen molar-refractivity contribution in [1.82, 2.24) is 14.5 Å². The van der Waals surface area contributed by atoms with Gasteiger partial charge in [-0.3, -0.25) is 4.57 Å². The molecule has 0 aliphatic heterocycles. The Morgan fingerprint density at radius 1 is 1.39 bits per heavy atom. The van der Waals surface area contributed by atoms with Crippen molar-refractivity contribution in [3.05, 3.63) is 37.1 Å². The van der Waals surface area contributed by atoms with E-state index in [1.807, 2.05) is 23.0 Å². The first-order valence-corrected chi connectivity index (χ1v) is 6.50. The lowest BCUT2D eigenvalue weighted by Gasteiger charge is -2.14. The Kier molecular flexibility index (Phi) is 4.34. The summed E-state index contributed by atoms with van der Waals surface area (Å²) in [7, 11) is 0. The van der Waals surface area contributed by atoms with Gasteiger partial charge in [0, 0.05) is 18.4 Å². The SMILES string of the molecule is CCCCC(C)Nc1ccc(-n2ccnc2)nc1. The molecule has 0 fully saturated rings. The van der Waals surface area contributed by atoms with Crippen LogP contribution in [0.1, 0.15) is 33.1 Å². The van der Waals surface area contributed by atoms with E-state index < -0.39 is 0 Å². The third-order valence-corrected chi connectivity index (χ3v) is 2.92. The highest BCUT2D eigenvalue weighted by Gasteiger charge is 2.02. The average Bonchev–Trinajstić information content (AvgIpc) is 2.91. The molecule has 0 saturated heterocycles. The Balaban J connectivity index is 1.95. The van der Waals surface area contributed by atoms with Crippen LogP contribution in [0.2, 0.25) is 0 Å². The number of imidazole rings is 1. The quantitative estimate of drug-likeness (QED) is 0.848. The lowest BCUT2D eigenvalue weighted by atomic mass is 10.1. The largest absolute Gasteiger partial charge is 0.381 e. The van der Waals surface area contributed by atoms with Crippen LogP contribution in [0.25, 0.3) is 5.82 Å². The second kappa shape index (κ2) is 6.19. The molecule has 2 aromatic heterocycles. The standard InChI is InChI=1S/C14H20N4/c1-3-4-5-12(2)17-13-6-7-14(16-10-13)18-9-8-15-11-18/h6-12,17H,3-5H2,1-2H3. The topological polar surface area (TPSA) is 42.7 Å². The molecular weight excluding hydrogens is 224 g/mol. The molecule has 1 atom stereocenters. The van der Waals surface area contributed by atoms with Crippen LogP contribution in [0.5, 0.6) is 0 Å². The first-order valence-electron chi connectivity index (χ1n) is 6.50. The molecule has 4 heteroatoms. The van der Waals surface area contributed by atoms with E-state index in [1.54, 1.807) is 12.5 Å². The van der Waals surface area contributed by atoms with Gasteiger partial charge >= 0.3 is 0 Å². The molecule has 2 heterocycles. The average molecular weight is 244 g/mol. The number of anilines is 1. The highest BCUT2D eigenvalue weighted by atomic mass is 15.1. The van der Waals surface area contributed by atoms with Gasteiger partial charge in [-0.25, -0.2) is 9.97 Å². The van der Waals surface area contributed by atoms with Crippen molar-refractivity contribution >= 4 is 5.69 Å². The Morgan fingerprint density at radius 3 is 2.89 bits per heavy atom. The lowest BCUT2D eigenvalue weighted by Crippen LogP contribution is -2.14. The summed E-state index contributed by atoms with van der Waals surface area (Å²) < 4.78 is 1.89. The Hall–Kier alpha value is -1.84. The smallest absolute Gasteiger partial charge is 0.137 e. The number of nitrogens with one attached hydrogen (secondary N) is 1. The molecule has 2 rings (SSSR count). The molecule has 1 unspecified atom stereocenters. The van der Waals surface area contributed by atoms with Crippen LogP contribution >= 0.6 is 0 Å². The molecule has 0 spiro atoms. The molecule has 0 saturated carbocycles. The predicted octanol–water partition coefficient (Wildman–Crippen LogP) is 3.26. The Labute approximate surface area is 108 Å². The Morgan fingerprint density at radius 2 is 2.28 bits per heavy atom. The molecular formula is C14H20N4. The van der Waals surface area contributed by atoms with Crippen molar-refractivity contribution in [2.24, 2.45) is 0 Å². The highest BCUT2D eigenvalue weighted by Crippen LogP contribution is 2.12. The molecule has 4 nitrogen and oxygen atoms in total. The van der Waals surface area contributed by atoms with Gasteiger partial charge in [0.2, 0.25) is 0 Å². The van der Waals surface area contributed by atoms with Gasteiger partial charge in [-0.1, -0.05) is 19.8 Å². The zero-order valence-corrected chi connectivity index (χ0v) is 11.0. The summed E-state index contributed by atoms with van der Waals surface area (Å²) in [4.78, 5) is 8.43. The highest BCUT2D eigenvalue weighted by molar-refractivity contribution is 5.44. The van der Waals surface area contributed by atoms with Gasteiger partial charge in [0.05, 0.1) is 11.9 Å². The number of aromatic nitrogens is 3. The number of nitrogens with zero attached hydrogens (tertiary/aromatic N) is 3. The van der Waals surface area contributed by atoms with Gasteiger partial charge in [-0.15, -0.1) is 0 Å². The van der Waals surface area contributed by atoms with Crippen LogP contribution in [0, 0.1) is 0 Å². The van der Waals surface area contributed by atoms with Crippen molar-refractivity contribution < 1.29 is 0 Å². The van der Waals surface area contributed by atoms with Crippen molar-refractivity contribution in [2.45, 2.75) is 39.2 Å². The third-order valence-electron chi connectivity index (χ3n) is 2.92. The number of pyridine rings is 1. The van der Waals surface area contributed by atoms with Gasteiger partial charge in [-0.2, -0.15) is 0 Å². The summed E-state index contributed by atoms with van der Waals surface area (Å²) in [5, 5.41) is 3.46. The minimum absolute atomic E-state index is 0.492. The molecule has 2 aromatic rings. The van der Waals surface area contributed by atoms with Crippen molar-refractivity contribution in [3.63, 3.8) is 0 Å². The summed E-state index contributed by atoms with van der Waals surface area (Å²) in [6.45, 7) is 4.42. The number of unbranched alkanes of at least 4 members (excludes halogenated alkanes) is 1. The van der Waals surface area contributed by atoms with E-state index in [-0.39, 0.29) is 0 Å². The minimum atomic E-state index is 0.492. The third kappa shape index (κ3) is 3.32. The lowest BCUT2D eigenvalue weighted by molar-refractivity contribution is 0.645. The van der Waals surface area contributed by atoms with Crippen LogP contribution in [0.15, 0.2) is 37.1 Å². The zero-order valence-electron chi connectivity index (χ0n) is 11.0. The van der Waals surface area contributed by atoms with E-state index in [0.717, 1.165) is 11.5 Å². The van der Waals surface area contributed by atoms with E-state index in [1.165, 1.54) is 19.3 Å². The van der Waals surface area contributed by atoms with Gasteiger partial charge in [-0.05, 0) is 25.5 Å². The normalized spacial score (nSPS) is 12.3. The predicted molar refractivity (Wildman–Crippen MR) is 74.0 cm³/mol. The van der Waals surface area contributed by atoms with Crippen molar-refractivity contribution in [2.75, 3.05) is 5.32 Å². The summed E-state index contributed by atoms with van der Waals surface area (Å²) >= 11 is 0. The van der Waals surface area contributed by atoms with E-state index in [0.29, 0.717) is 6.04 Å². The van der Waals surface area contributed by atoms with Gasteiger partial charge < -0.3 is 5.32 Å². The maximum absolute atomic E-state index is 4.41. The molecule has 1 N–H and O–H groups in total. The summed E-state index contributed by atoms with van der Waals surface area (Å²) in [5.41, 5.74) is 1.07. The van der Waals surface area contributed by atoms with E-state index in [9.17, 15) is 0 Å². The molecule has 0 radical (unpaired) electrons. The van der Waals surface area contributed by atoms with Crippen LogP contribution in [0.3, 0.4) is 0 Å². The van der Waals surface area contributed by atoms with Crippen LogP contribution in [-0.4, -0.2) is 20.6 Å². The number of hydrogen-bond acceptors (Lipinski definition) is 3. The molecule has 0 bridgehead atoms. The summed E-state index contributed by atoms with van der Waals surface area (Å²) in [5.74, 6) is 0.888. The number of rotatable bonds is 6. The second-order valence-corrected chi connectivity index (χ2v) is 4.56. The molecule has 96 valence electrons. The summed E-state index contributed by atoms with van der Waals surface area (Å²) in [6, 6.07) is 4.55. The van der Waals surface area contributed by atoms with Gasteiger partial charge in [0.25, 0.3) is 0 Å². The maximum Gasteiger partial charge on any atom is 0.137 e. The summed E-state index contributed by atoms with van der Waals surface area (Å²) in [6.07, 6.45) is 11.0. The van der Waals surface area contributed by atoms with Gasteiger partial charge in [0.15, 0.2) is 0 Å². The molecule has 18 heavy (non-hydrogen) atoms. The first-order chi connectivity index (χ1) is 8.79. The molecule has 0 aliphatic rings. The second-order valence-electron chi connectivity index (χ2n) is 4.56. The first kappa shape index (κ1) is 12.6. The fourth-order valence-electron chi connectivity index (χ4n) is 1.89. The molecule has 0 aromatic carbocycles. The van der Waals surface area contributed by atoms with Gasteiger partial charge in [0.1, 0.15) is 12.1 Å². The minimum Gasteiger partial charge on any atom is -0.381 e. The Bertz CT molecular complexity index is 447. The van der Waals surface area contributed by atoms with E-state index in [4.69, 9.17) is 0 Å². The fourth-order valence-corrected chi connectivity index (χ4v) is 1.89. The van der Waals surface area contributed by atoms with Crippen molar-refractivity contribution in [1.29, 1.82) is 0 Å². The number of hydrogen-bond donors (Lipinski definition) is 1. The van der Waals surface area contributed by atoms with Crippen LogP contribution in [0.4, 0.5) is 5.69 Å². The maximum atomic E-state index is 4.41. The van der Waals surface area contributed by atoms with Crippen LogP contribution in [-0.2, 0) is 0 Å².